The van der Waals surface area contributed by atoms with E-state index in [1.54, 1.807) is 29.7 Å². The fraction of sp³-hybridized carbons (Fsp3) is 0.211. The molecule has 3 aromatic rings. The highest BCUT2D eigenvalue weighted by atomic mass is 32.1. The van der Waals surface area contributed by atoms with Crippen molar-refractivity contribution in [3.8, 4) is 0 Å². The number of anilines is 2. The molecule has 134 valence electrons. The van der Waals surface area contributed by atoms with Gasteiger partial charge in [0.15, 0.2) is 0 Å². The Hall–Kier alpha value is -2.93. The number of nitrogens with zero attached hydrogens (tertiary/aromatic N) is 2. The molecule has 1 aromatic carbocycles. The normalized spacial score (nSPS) is 10.4. The van der Waals surface area contributed by atoms with Gasteiger partial charge in [0.1, 0.15) is 5.82 Å². The molecule has 3 rings (SSSR count). The molecule has 0 bridgehead atoms. The third-order valence-electron chi connectivity index (χ3n) is 3.81. The molecule has 2 heterocycles. The lowest BCUT2D eigenvalue weighted by atomic mass is 10.1. The Morgan fingerprint density at radius 1 is 1.15 bits per heavy atom. The number of aromatic nitrogens is 2. The number of esters is 1. The third kappa shape index (κ3) is 4.58. The number of aryl methyl sites for hydroxylation is 1. The molecule has 2 aromatic heterocycles. The third-order valence-corrected chi connectivity index (χ3v) is 4.68. The average Bonchev–Trinajstić information content (AvgIpc) is 3.19. The molecular formula is C19H20N4O2S. The summed E-state index contributed by atoms with van der Waals surface area (Å²) >= 11 is 1.70. The molecule has 0 unspecified atom stereocenters. The van der Waals surface area contributed by atoms with E-state index >= 15 is 0 Å². The zero-order valence-corrected chi connectivity index (χ0v) is 15.5. The maximum absolute atomic E-state index is 11.5. The van der Waals surface area contributed by atoms with Gasteiger partial charge in [-0.15, -0.1) is 11.3 Å². The number of carbonyl (C=O) groups excluding carboxylic acids is 1. The minimum absolute atomic E-state index is 0.336. The number of nitrogens with one attached hydrogen (secondary N) is 2. The number of hydrogen-bond donors (Lipinski definition) is 2. The van der Waals surface area contributed by atoms with Crippen molar-refractivity contribution in [1.29, 1.82) is 0 Å². The Morgan fingerprint density at radius 3 is 2.65 bits per heavy atom. The summed E-state index contributed by atoms with van der Waals surface area (Å²) in [4.78, 5) is 21.6. The number of carbonyl (C=O) groups is 1. The van der Waals surface area contributed by atoms with E-state index in [1.807, 2.05) is 30.5 Å². The predicted molar refractivity (Wildman–Crippen MR) is 104 cm³/mol. The first-order valence-electron chi connectivity index (χ1n) is 8.16. The van der Waals surface area contributed by atoms with Crippen LogP contribution in [0.4, 0.5) is 11.8 Å². The van der Waals surface area contributed by atoms with Gasteiger partial charge in [-0.2, -0.15) is 4.98 Å². The summed E-state index contributed by atoms with van der Waals surface area (Å²) < 4.78 is 4.71. The minimum atomic E-state index is -0.336. The SMILES string of the molecule is COC(=O)c1ccc(CNc2nc(NCc3cccs3)ncc2C)cc1. The van der Waals surface area contributed by atoms with Crippen LogP contribution in [0.5, 0.6) is 0 Å². The molecule has 26 heavy (non-hydrogen) atoms. The molecule has 0 aliphatic heterocycles. The summed E-state index contributed by atoms with van der Waals surface area (Å²) in [6, 6.07) is 11.4. The highest BCUT2D eigenvalue weighted by Crippen LogP contribution is 2.16. The lowest BCUT2D eigenvalue weighted by Crippen LogP contribution is -2.08. The highest BCUT2D eigenvalue weighted by Gasteiger charge is 2.06. The molecule has 0 saturated carbocycles. The Morgan fingerprint density at radius 2 is 1.96 bits per heavy atom. The topological polar surface area (TPSA) is 76.1 Å². The molecule has 0 radical (unpaired) electrons. The summed E-state index contributed by atoms with van der Waals surface area (Å²) in [5, 5.41) is 8.60. The smallest absolute Gasteiger partial charge is 0.337 e. The first kappa shape index (κ1) is 17.9. The van der Waals surface area contributed by atoms with Gasteiger partial charge in [-0.25, -0.2) is 9.78 Å². The first-order valence-corrected chi connectivity index (χ1v) is 9.04. The van der Waals surface area contributed by atoms with Crippen LogP contribution in [0.15, 0.2) is 48.0 Å². The van der Waals surface area contributed by atoms with Gasteiger partial charge in [0.2, 0.25) is 5.95 Å². The van der Waals surface area contributed by atoms with Crippen LogP contribution < -0.4 is 10.6 Å². The standard InChI is InChI=1S/C19H20N4O2S/c1-13-10-21-19(22-12-16-4-3-9-26-16)23-17(13)20-11-14-5-7-15(8-6-14)18(24)25-2/h3-10H,11-12H2,1-2H3,(H2,20,21,22,23). The van der Waals surface area contributed by atoms with Crippen LogP contribution in [0.2, 0.25) is 0 Å². The van der Waals surface area contributed by atoms with Crippen molar-refractivity contribution in [3.05, 3.63) is 69.5 Å². The van der Waals surface area contributed by atoms with Crippen molar-refractivity contribution in [2.45, 2.75) is 20.0 Å². The Kier molecular flexibility index (Phi) is 5.80. The molecule has 0 amide bonds. The molecule has 0 saturated heterocycles. The second-order valence-corrected chi connectivity index (χ2v) is 6.73. The maximum Gasteiger partial charge on any atom is 0.337 e. The van der Waals surface area contributed by atoms with E-state index in [0.29, 0.717) is 24.6 Å². The van der Waals surface area contributed by atoms with E-state index in [1.165, 1.54) is 12.0 Å². The molecule has 0 aliphatic carbocycles. The van der Waals surface area contributed by atoms with Gasteiger partial charge in [0, 0.05) is 23.2 Å². The molecule has 0 fully saturated rings. The van der Waals surface area contributed by atoms with Gasteiger partial charge in [0.25, 0.3) is 0 Å². The van der Waals surface area contributed by atoms with Crippen LogP contribution in [-0.4, -0.2) is 23.0 Å². The fourth-order valence-electron chi connectivity index (χ4n) is 2.35. The number of hydrogen-bond acceptors (Lipinski definition) is 7. The van der Waals surface area contributed by atoms with Crippen LogP contribution >= 0.6 is 11.3 Å². The molecule has 0 atom stereocenters. The van der Waals surface area contributed by atoms with E-state index in [0.717, 1.165) is 16.9 Å². The van der Waals surface area contributed by atoms with Gasteiger partial charge < -0.3 is 15.4 Å². The van der Waals surface area contributed by atoms with E-state index in [2.05, 4.69) is 26.7 Å². The molecule has 2 N–H and O–H groups in total. The van der Waals surface area contributed by atoms with E-state index < -0.39 is 0 Å². The Balaban J connectivity index is 1.61. The molecule has 0 spiro atoms. The lowest BCUT2D eigenvalue weighted by molar-refractivity contribution is 0.0600. The first-order chi connectivity index (χ1) is 12.7. The molecule has 6 nitrogen and oxygen atoms in total. The van der Waals surface area contributed by atoms with Gasteiger partial charge >= 0.3 is 5.97 Å². The van der Waals surface area contributed by atoms with Gasteiger partial charge in [-0.1, -0.05) is 18.2 Å². The van der Waals surface area contributed by atoms with Crippen LogP contribution in [0.3, 0.4) is 0 Å². The van der Waals surface area contributed by atoms with Crippen LogP contribution in [0.25, 0.3) is 0 Å². The van der Waals surface area contributed by atoms with Crippen molar-refractivity contribution in [3.63, 3.8) is 0 Å². The van der Waals surface area contributed by atoms with Crippen LogP contribution in [0, 0.1) is 6.92 Å². The van der Waals surface area contributed by atoms with Crippen molar-refractivity contribution in [2.75, 3.05) is 17.7 Å². The number of benzene rings is 1. The fourth-order valence-corrected chi connectivity index (χ4v) is 2.99. The minimum Gasteiger partial charge on any atom is -0.465 e. The largest absolute Gasteiger partial charge is 0.465 e. The summed E-state index contributed by atoms with van der Waals surface area (Å²) in [5.74, 6) is 1.04. The molecular weight excluding hydrogens is 348 g/mol. The zero-order chi connectivity index (χ0) is 18.4. The number of thiophene rings is 1. The average molecular weight is 368 g/mol. The lowest BCUT2D eigenvalue weighted by Gasteiger charge is -2.11. The molecule has 7 heteroatoms. The van der Waals surface area contributed by atoms with Gasteiger partial charge in [0.05, 0.1) is 19.2 Å². The Bertz CT molecular complexity index is 864. The Labute approximate surface area is 156 Å². The highest BCUT2D eigenvalue weighted by molar-refractivity contribution is 7.09. The number of rotatable bonds is 7. The van der Waals surface area contributed by atoms with Crippen molar-refractivity contribution < 1.29 is 9.53 Å². The van der Waals surface area contributed by atoms with E-state index in [-0.39, 0.29) is 5.97 Å². The zero-order valence-electron chi connectivity index (χ0n) is 14.7. The summed E-state index contributed by atoms with van der Waals surface area (Å²) in [6.07, 6.45) is 1.80. The second kappa shape index (κ2) is 8.44. The predicted octanol–water partition coefficient (Wildman–Crippen LogP) is 3.86. The maximum atomic E-state index is 11.5. The van der Waals surface area contributed by atoms with E-state index in [4.69, 9.17) is 4.74 Å². The number of ether oxygens (including phenoxy) is 1. The summed E-state index contributed by atoms with van der Waals surface area (Å²) in [5.41, 5.74) is 2.55. The summed E-state index contributed by atoms with van der Waals surface area (Å²) in [6.45, 7) is 3.27. The summed E-state index contributed by atoms with van der Waals surface area (Å²) in [7, 11) is 1.37. The van der Waals surface area contributed by atoms with Crippen molar-refractivity contribution >= 4 is 29.1 Å². The van der Waals surface area contributed by atoms with Gasteiger partial charge in [-0.05, 0) is 36.1 Å². The number of methoxy groups -OCH3 is 1. The van der Waals surface area contributed by atoms with E-state index in [9.17, 15) is 4.79 Å². The van der Waals surface area contributed by atoms with Crippen molar-refractivity contribution in [1.82, 2.24) is 9.97 Å². The monoisotopic (exact) mass is 368 g/mol. The second-order valence-electron chi connectivity index (χ2n) is 5.70. The quantitative estimate of drug-likeness (QED) is 0.617. The van der Waals surface area contributed by atoms with Crippen LogP contribution in [0.1, 0.15) is 26.4 Å². The van der Waals surface area contributed by atoms with Crippen LogP contribution in [-0.2, 0) is 17.8 Å². The van der Waals surface area contributed by atoms with Gasteiger partial charge in [-0.3, -0.25) is 0 Å². The van der Waals surface area contributed by atoms with Crippen molar-refractivity contribution in [2.24, 2.45) is 0 Å². The molecule has 0 aliphatic rings.